The largest absolute Gasteiger partial charge is 0.422 e. The zero-order valence-electron chi connectivity index (χ0n) is 20.1. The van der Waals surface area contributed by atoms with Gasteiger partial charge in [0.1, 0.15) is 5.56 Å². The number of nitrogens with one attached hydrogen (secondary N) is 1. The van der Waals surface area contributed by atoms with Gasteiger partial charge >= 0.3 is 12.4 Å². The van der Waals surface area contributed by atoms with E-state index in [2.05, 4.69) is 15.1 Å². The maximum absolute atomic E-state index is 13.2. The summed E-state index contributed by atoms with van der Waals surface area (Å²) in [7, 11) is 0. The van der Waals surface area contributed by atoms with E-state index in [4.69, 9.17) is 0 Å². The first kappa shape index (κ1) is 29.8. The van der Waals surface area contributed by atoms with E-state index in [0.717, 1.165) is 12.4 Å². The first-order valence-electron chi connectivity index (χ1n) is 11.1. The van der Waals surface area contributed by atoms with Crippen molar-refractivity contribution in [3.05, 3.63) is 53.3 Å². The van der Waals surface area contributed by atoms with Crippen molar-refractivity contribution in [2.75, 3.05) is 49.1 Å². The number of aromatic nitrogens is 4. The van der Waals surface area contributed by atoms with Gasteiger partial charge in [-0.25, -0.2) is 15.1 Å². The van der Waals surface area contributed by atoms with Gasteiger partial charge in [-0.15, -0.1) is 6.54 Å². The van der Waals surface area contributed by atoms with Crippen LogP contribution in [-0.4, -0.2) is 70.2 Å². The quantitative estimate of drug-likeness (QED) is 0.273. The van der Waals surface area contributed by atoms with E-state index in [0.29, 0.717) is 32.6 Å². The summed E-state index contributed by atoms with van der Waals surface area (Å²) in [6, 6.07) is 0. The fraction of sp³-hybridized carbons (Fsp3) is 0.500. The number of amides is 1. The number of fused-ring (bicyclic) bond motifs is 1. The van der Waals surface area contributed by atoms with Gasteiger partial charge in [-0.05, 0) is 12.8 Å². The minimum Gasteiger partial charge on any atom is -0.384 e. The van der Waals surface area contributed by atoms with Gasteiger partial charge in [0.05, 0.1) is 5.56 Å². The summed E-state index contributed by atoms with van der Waals surface area (Å²) < 4.78 is 77.6. The third kappa shape index (κ3) is 6.29. The normalized spacial score (nSPS) is 15.6. The monoisotopic (exact) mass is 795 g/mol. The van der Waals surface area contributed by atoms with Crippen LogP contribution in [0.15, 0.2) is 17.2 Å². The van der Waals surface area contributed by atoms with E-state index < -0.39 is 29.0 Å². The van der Waals surface area contributed by atoms with E-state index >= 15 is 0 Å². The molecule has 1 radical (unpaired) electrons. The number of anilines is 2. The Morgan fingerprint density at radius 2 is 1.63 bits per heavy atom. The van der Waals surface area contributed by atoms with Crippen LogP contribution in [0.4, 0.5) is 38.1 Å². The zero-order chi connectivity index (χ0) is 26.1. The number of alkyl halides is 6. The van der Waals surface area contributed by atoms with Gasteiger partial charge in [0.2, 0.25) is 11.9 Å². The average molecular weight is 795 g/mol. The van der Waals surface area contributed by atoms with Crippen LogP contribution in [-0.2, 0) is 23.6 Å². The fourth-order valence-corrected chi connectivity index (χ4v) is 4.22. The predicted octanol–water partition coefficient (Wildman–Crippen LogP) is 2.74. The molecule has 1 saturated heterocycles. The van der Waals surface area contributed by atoms with Gasteiger partial charge in [-0.1, -0.05) is 0 Å². The molecule has 0 unspecified atom stereocenters. The molecule has 0 bridgehead atoms. The van der Waals surface area contributed by atoms with Crippen LogP contribution in [0, 0.1) is 13.8 Å². The maximum atomic E-state index is 13.2. The number of hydrogen-bond acceptors (Lipinski definition) is 7. The Kier molecular flexibility index (Phi) is 8.90. The summed E-state index contributed by atoms with van der Waals surface area (Å²) in [5, 5.41) is 5.68. The van der Waals surface area contributed by atoms with Gasteiger partial charge in [-0.2, -0.15) is 37.9 Å². The van der Waals surface area contributed by atoms with Gasteiger partial charge in [0, 0.05) is 50.7 Å². The van der Waals surface area contributed by atoms with Crippen LogP contribution >= 0.6 is 0 Å². The van der Waals surface area contributed by atoms with Crippen molar-refractivity contribution in [2.45, 2.75) is 31.6 Å². The molecule has 0 saturated carbocycles. The fourth-order valence-electron chi connectivity index (χ4n) is 4.22. The smallest absolute Gasteiger partial charge is 0.384 e. The molecule has 9 nitrogen and oxygen atoms in total. The third-order valence-electron chi connectivity index (χ3n) is 6.07. The minimum absolute atomic E-state index is 0. The number of carbonyl (C=O) groups excluding carboxylic acids is 1. The van der Waals surface area contributed by atoms with E-state index in [1.807, 2.05) is 5.10 Å². The summed E-state index contributed by atoms with van der Waals surface area (Å²) in [6.45, 7) is 2.02. The van der Waals surface area contributed by atoms with Crippen LogP contribution in [0.1, 0.15) is 29.5 Å². The van der Waals surface area contributed by atoms with E-state index in [1.54, 1.807) is 21.1 Å². The first-order chi connectivity index (χ1) is 16.9. The second-order valence-electron chi connectivity index (χ2n) is 8.39. The molecule has 219 valence electrons. The van der Waals surface area contributed by atoms with Gasteiger partial charge in [0.25, 0.3) is 5.56 Å². The number of unbranched alkanes of at least 4 members (excludes halogenated alkanes) is 1. The molecule has 4 heterocycles. The van der Waals surface area contributed by atoms with Crippen molar-refractivity contribution in [3.8, 4) is 0 Å². The molecule has 2 aliphatic rings. The van der Waals surface area contributed by atoms with Crippen LogP contribution in [0.25, 0.3) is 0 Å². The van der Waals surface area contributed by atoms with Crippen LogP contribution < -0.4 is 15.4 Å². The Morgan fingerprint density at radius 3 is 2.21 bits per heavy atom. The maximum Gasteiger partial charge on any atom is 0.422 e. The Bertz CT molecular complexity index is 1150. The molecular weight excluding hydrogens is 770 g/mol. The molecule has 0 aromatic carbocycles. The average Bonchev–Trinajstić information content (AvgIpc) is 3.23. The summed E-state index contributed by atoms with van der Waals surface area (Å²) in [5.41, 5.74) is -3.53. The molecule has 38 heavy (non-hydrogen) atoms. The van der Waals surface area contributed by atoms with Crippen molar-refractivity contribution in [2.24, 2.45) is 0 Å². The molecule has 0 atom stereocenters. The summed E-state index contributed by atoms with van der Waals surface area (Å²) in [6.07, 6.45) is -5.40. The molecule has 16 heteroatoms. The minimum atomic E-state index is -4.77. The van der Waals surface area contributed by atoms with Crippen LogP contribution in [0.3, 0.4) is 0 Å². The van der Waals surface area contributed by atoms with Crippen molar-refractivity contribution in [1.82, 2.24) is 25.1 Å². The standard InChI is InChI=1S/C21H22F6N7O2.CH3.Lr/c22-20(23,24)13-11-28-19(29-12-13)34-9-7-32(8-10-34)15(35)3-1-2-5-33-6-4-14-16(21(25,26)27)18(36)31-30-17(14)33;;/h2,11-12H,1,3-10H2,(H,31,36);1H3;/q2*-1;. The zero-order valence-corrected chi connectivity index (χ0v) is 22.3. The second kappa shape index (κ2) is 11.3. The molecule has 1 amide bonds. The Balaban J connectivity index is 0.00000253. The summed E-state index contributed by atoms with van der Waals surface area (Å²) in [5.74, 6) is 0.145. The van der Waals surface area contributed by atoms with E-state index in [9.17, 15) is 35.9 Å². The number of nitrogens with zero attached hydrogens (tertiary/aromatic N) is 6. The number of hydrogen-bond donors (Lipinski definition) is 1. The van der Waals surface area contributed by atoms with Crippen molar-refractivity contribution in [1.29, 1.82) is 0 Å². The molecule has 2 aromatic rings. The van der Waals surface area contributed by atoms with Gasteiger partial charge in [0.15, 0.2) is 5.82 Å². The Labute approximate surface area is 208 Å². The summed E-state index contributed by atoms with van der Waals surface area (Å²) in [4.78, 5) is 36.6. The van der Waals surface area contributed by atoms with Gasteiger partial charge < -0.3 is 28.5 Å². The number of halogens is 6. The number of aromatic amines is 1. The first-order valence-corrected chi connectivity index (χ1v) is 11.1. The molecule has 1 fully saturated rings. The molecule has 4 rings (SSSR count). The third-order valence-corrected chi connectivity index (χ3v) is 6.07. The number of piperazine rings is 1. The van der Waals surface area contributed by atoms with Crippen LogP contribution in [0.2, 0.25) is 0 Å². The Hall–Kier alpha value is -4.39. The van der Waals surface area contributed by atoms with Gasteiger partial charge in [-0.3, -0.25) is 9.59 Å². The summed E-state index contributed by atoms with van der Waals surface area (Å²) >= 11 is 0. The Morgan fingerprint density at radius 1 is 1.00 bits per heavy atom. The van der Waals surface area contributed by atoms with Crippen molar-refractivity contribution >= 4 is 17.7 Å². The topological polar surface area (TPSA) is 98.3 Å². The van der Waals surface area contributed by atoms with Crippen molar-refractivity contribution in [3.63, 3.8) is 0 Å². The molecule has 0 spiro atoms. The number of carbonyl (C=O) groups is 1. The number of H-pyrrole nitrogens is 1. The molecular formula is C22H25F6LrN7O2-2. The second-order valence-corrected chi connectivity index (χ2v) is 8.39. The SMILES string of the molecule is O=C(CC[CH-]CN1CCc2c1n[nH]c(=O)c2C(F)(F)F)N1CCN(c2ncc(C(F)(F)F)cn2)CC1.[CH3-].[Lr]. The number of rotatable bonds is 6. The van der Waals surface area contributed by atoms with Crippen LogP contribution in [0.5, 0.6) is 0 Å². The van der Waals surface area contributed by atoms with E-state index in [1.165, 1.54) is 0 Å². The molecule has 1 N–H and O–H groups in total. The van der Waals surface area contributed by atoms with E-state index in [-0.39, 0.29) is 56.6 Å². The molecule has 2 aliphatic heterocycles. The molecule has 2 aromatic heterocycles. The van der Waals surface area contributed by atoms with Crippen molar-refractivity contribution < 1.29 is 31.1 Å². The molecule has 0 aliphatic carbocycles. The predicted molar refractivity (Wildman–Crippen MR) is 122 cm³/mol.